The SMILES string of the molecule is COc1nc(Nc2cn(-c3ccc(N)cc3)nc2C)ncc1Cl. The van der Waals surface area contributed by atoms with Gasteiger partial charge in [-0.15, -0.1) is 0 Å². The van der Waals surface area contributed by atoms with Crippen LogP contribution in [0.5, 0.6) is 5.88 Å². The topological polar surface area (TPSA) is 90.9 Å². The molecule has 0 aliphatic rings. The summed E-state index contributed by atoms with van der Waals surface area (Å²) in [6, 6.07) is 7.44. The zero-order valence-electron chi connectivity index (χ0n) is 12.6. The fraction of sp³-hybridized carbons (Fsp3) is 0.133. The van der Waals surface area contributed by atoms with Crippen molar-refractivity contribution in [2.24, 2.45) is 0 Å². The molecule has 3 rings (SSSR count). The average molecular weight is 331 g/mol. The van der Waals surface area contributed by atoms with Gasteiger partial charge >= 0.3 is 0 Å². The highest BCUT2D eigenvalue weighted by Gasteiger charge is 2.10. The lowest BCUT2D eigenvalue weighted by Gasteiger charge is -2.05. The lowest BCUT2D eigenvalue weighted by Crippen LogP contribution is -1.99. The molecule has 2 heterocycles. The number of hydrogen-bond acceptors (Lipinski definition) is 6. The first kappa shape index (κ1) is 15.1. The number of anilines is 3. The van der Waals surface area contributed by atoms with Gasteiger partial charge in [0.15, 0.2) is 0 Å². The molecule has 3 N–H and O–H groups in total. The van der Waals surface area contributed by atoms with Crippen LogP contribution in [0.15, 0.2) is 36.7 Å². The van der Waals surface area contributed by atoms with Crippen molar-refractivity contribution in [3.63, 3.8) is 0 Å². The number of nitrogens with two attached hydrogens (primary N) is 1. The Labute approximate surface area is 138 Å². The van der Waals surface area contributed by atoms with Crippen molar-refractivity contribution in [1.29, 1.82) is 0 Å². The number of nitrogens with zero attached hydrogens (tertiary/aromatic N) is 4. The molecule has 118 valence electrons. The Kier molecular flexibility index (Phi) is 4.03. The van der Waals surface area contributed by atoms with Gasteiger partial charge in [0.2, 0.25) is 11.8 Å². The van der Waals surface area contributed by atoms with Crippen molar-refractivity contribution in [2.75, 3.05) is 18.2 Å². The van der Waals surface area contributed by atoms with Crippen molar-refractivity contribution in [3.8, 4) is 11.6 Å². The molecule has 0 fully saturated rings. The third-order valence-electron chi connectivity index (χ3n) is 3.21. The fourth-order valence-corrected chi connectivity index (χ4v) is 2.19. The molecule has 0 aliphatic heterocycles. The molecule has 0 saturated heterocycles. The second-order valence-corrected chi connectivity index (χ2v) is 5.25. The Morgan fingerprint density at radius 3 is 2.70 bits per heavy atom. The molecule has 23 heavy (non-hydrogen) atoms. The lowest BCUT2D eigenvalue weighted by molar-refractivity contribution is 0.398. The van der Waals surface area contributed by atoms with Gasteiger partial charge in [-0.1, -0.05) is 11.6 Å². The maximum absolute atomic E-state index is 5.92. The smallest absolute Gasteiger partial charge is 0.237 e. The number of halogens is 1. The Morgan fingerprint density at radius 1 is 1.26 bits per heavy atom. The minimum absolute atomic E-state index is 0.313. The third-order valence-corrected chi connectivity index (χ3v) is 3.47. The van der Waals surface area contributed by atoms with E-state index < -0.39 is 0 Å². The van der Waals surface area contributed by atoms with Gasteiger partial charge in [-0.05, 0) is 31.2 Å². The predicted octanol–water partition coefficient (Wildman–Crippen LogP) is 2.96. The molecule has 3 aromatic rings. The van der Waals surface area contributed by atoms with Gasteiger partial charge in [0.1, 0.15) is 5.02 Å². The molecule has 0 unspecified atom stereocenters. The molecule has 2 aromatic heterocycles. The maximum Gasteiger partial charge on any atom is 0.237 e. The van der Waals surface area contributed by atoms with Gasteiger partial charge in [-0.25, -0.2) is 9.67 Å². The van der Waals surface area contributed by atoms with Crippen LogP contribution in [-0.4, -0.2) is 26.9 Å². The van der Waals surface area contributed by atoms with E-state index in [-0.39, 0.29) is 0 Å². The largest absolute Gasteiger partial charge is 0.480 e. The summed E-state index contributed by atoms with van der Waals surface area (Å²) in [5.74, 6) is 0.693. The molecule has 0 spiro atoms. The van der Waals surface area contributed by atoms with E-state index in [9.17, 15) is 0 Å². The minimum atomic E-state index is 0.313. The maximum atomic E-state index is 5.92. The first-order valence-corrected chi connectivity index (χ1v) is 7.20. The van der Waals surface area contributed by atoms with E-state index in [1.807, 2.05) is 37.4 Å². The summed E-state index contributed by atoms with van der Waals surface area (Å²) in [5.41, 5.74) is 8.90. The van der Waals surface area contributed by atoms with Gasteiger partial charge in [0.05, 0.1) is 36.6 Å². The molecule has 0 aliphatic carbocycles. The van der Waals surface area contributed by atoms with E-state index in [0.29, 0.717) is 22.5 Å². The Morgan fingerprint density at radius 2 is 2.00 bits per heavy atom. The minimum Gasteiger partial charge on any atom is -0.480 e. The van der Waals surface area contributed by atoms with Gasteiger partial charge in [-0.3, -0.25) is 0 Å². The van der Waals surface area contributed by atoms with E-state index in [0.717, 1.165) is 17.1 Å². The van der Waals surface area contributed by atoms with Crippen LogP contribution >= 0.6 is 11.6 Å². The molecule has 1 aromatic carbocycles. The quantitative estimate of drug-likeness (QED) is 0.715. The van der Waals surface area contributed by atoms with Crippen molar-refractivity contribution >= 4 is 28.9 Å². The van der Waals surface area contributed by atoms with Crippen LogP contribution in [0.25, 0.3) is 5.69 Å². The molecule has 0 amide bonds. The first-order valence-electron chi connectivity index (χ1n) is 6.82. The summed E-state index contributed by atoms with van der Waals surface area (Å²) in [4.78, 5) is 8.32. The zero-order chi connectivity index (χ0) is 16.4. The average Bonchev–Trinajstić information content (AvgIpc) is 2.91. The molecular weight excluding hydrogens is 316 g/mol. The number of aromatic nitrogens is 4. The van der Waals surface area contributed by atoms with Crippen molar-refractivity contribution in [1.82, 2.24) is 19.7 Å². The monoisotopic (exact) mass is 330 g/mol. The van der Waals surface area contributed by atoms with Gasteiger partial charge in [0, 0.05) is 5.69 Å². The van der Waals surface area contributed by atoms with Crippen LogP contribution < -0.4 is 15.8 Å². The second kappa shape index (κ2) is 6.13. The van der Waals surface area contributed by atoms with Crippen molar-refractivity contribution in [3.05, 3.63) is 47.4 Å². The van der Waals surface area contributed by atoms with Gasteiger partial charge in [0.25, 0.3) is 0 Å². The Hall–Kier alpha value is -2.80. The van der Waals surface area contributed by atoms with Crippen LogP contribution in [0.4, 0.5) is 17.3 Å². The second-order valence-electron chi connectivity index (χ2n) is 4.84. The number of hydrogen-bond donors (Lipinski definition) is 2. The summed E-state index contributed by atoms with van der Waals surface area (Å²) in [7, 11) is 1.50. The summed E-state index contributed by atoms with van der Waals surface area (Å²) >= 11 is 5.92. The summed E-state index contributed by atoms with van der Waals surface area (Å²) in [6.45, 7) is 1.89. The number of aryl methyl sites for hydroxylation is 1. The Balaban J connectivity index is 1.88. The molecule has 0 radical (unpaired) electrons. The van der Waals surface area contributed by atoms with E-state index >= 15 is 0 Å². The highest BCUT2D eigenvalue weighted by atomic mass is 35.5. The number of benzene rings is 1. The van der Waals surface area contributed by atoms with E-state index in [1.54, 1.807) is 4.68 Å². The standard InChI is InChI=1S/C15H15ClN6O/c1-9-13(19-15-18-7-12(16)14(20-15)23-2)8-22(21-9)11-5-3-10(17)4-6-11/h3-8H,17H2,1-2H3,(H,18,19,20). The fourth-order valence-electron chi connectivity index (χ4n) is 2.02. The van der Waals surface area contributed by atoms with Gasteiger partial charge in [-0.2, -0.15) is 10.1 Å². The predicted molar refractivity (Wildman–Crippen MR) is 89.6 cm³/mol. The molecule has 0 atom stereocenters. The summed E-state index contributed by atoms with van der Waals surface area (Å²) in [5, 5.41) is 7.93. The third kappa shape index (κ3) is 3.19. The zero-order valence-corrected chi connectivity index (χ0v) is 13.4. The highest BCUT2D eigenvalue weighted by Crippen LogP contribution is 2.24. The van der Waals surface area contributed by atoms with Crippen LogP contribution in [0.3, 0.4) is 0 Å². The normalized spacial score (nSPS) is 10.6. The first-order chi connectivity index (χ1) is 11.1. The molecule has 7 nitrogen and oxygen atoms in total. The van der Waals surface area contributed by atoms with E-state index in [4.69, 9.17) is 22.1 Å². The number of ether oxygens (including phenoxy) is 1. The number of methoxy groups -OCH3 is 1. The van der Waals surface area contributed by atoms with Crippen molar-refractivity contribution in [2.45, 2.75) is 6.92 Å². The summed E-state index contributed by atoms with van der Waals surface area (Å²) < 4.78 is 6.84. The van der Waals surface area contributed by atoms with Crippen LogP contribution in [0.2, 0.25) is 5.02 Å². The molecular formula is C15H15ClN6O. The van der Waals surface area contributed by atoms with Crippen molar-refractivity contribution < 1.29 is 4.74 Å². The lowest BCUT2D eigenvalue weighted by atomic mass is 10.3. The number of nitrogen functional groups attached to an aromatic ring is 1. The van der Waals surface area contributed by atoms with Crippen LogP contribution in [-0.2, 0) is 0 Å². The van der Waals surface area contributed by atoms with E-state index in [1.165, 1.54) is 13.3 Å². The highest BCUT2D eigenvalue weighted by molar-refractivity contribution is 6.31. The van der Waals surface area contributed by atoms with Gasteiger partial charge < -0.3 is 15.8 Å². The molecule has 0 saturated carbocycles. The van der Waals surface area contributed by atoms with Crippen LogP contribution in [0.1, 0.15) is 5.69 Å². The Bertz CT molecular complexity index is 830. The van der Waals surface area contributed by atoms with Crippen LogP contribution in [0, 0.1) is 6.92 Å². The molecule has 0 bridgehead atoms. The number of nitrogens with one attached hydrogen (secondary N) is 1. The van der Waals surface area contributed by atoms with E-state index in [2.05, 4.69) is 20.4 Å². The number of rotatable bonds is 4. The molecule has 8 heteroatoms. The summed E-state index contributed by atoms with van der Waals surface area (Å²) in [6.07, 6.45) is 3.33.